The number of fused-ring (bicyclic) bond motifs is 1. The van der Waals surface area contributed by atoms with Crippen LogP contribution in [0, 0.1) is 0 Å². The van der Waals surface area contributed by atoms with Crippen LogP contribution in [0.15, 0.2) is 55.2 Å². The summed E-state index contributed by atoms with van der Waals surface area (Å²) in [4.78, 5) is 16.3. The van der Waals surface area contributed by atoms with Gasteiger partial charge in [-0.15, -0.1) is 0 Å². The number of alkyl halides is 1. The summed E-state index contributed by atoms with van der Waals surface area (Å²) in [5.74, 6) is 0.660. The molecule has 1 fully saturated rings. The molecule has 1 aliphatic heterocycles. The molecule has 7 nitrogen and oxygen atoms in total. The number of rotatable bonds is 4. The third kappa shape index (κ3) is 2.93. The van der Waals surface area contributed by atoms with Crippen molar-refractivity contribution in [3.8, 4) is 22.6 Å². The van der Waals surface area contributed by atoms with E-state index in [0.29, 0.717) is 18.9 Å². The van der Waals surface area contributed by atoms with Gasteiger partial charge in [0, 0.05) is 24.8 Å². The van der Waals surface area contributed by atoms with Crippen LogP contribution in [-0.2, 0) is 0 Å². The van der Waals surface area contributed by atoms with Gasteiger partial charge in [-0.25, -0.2) is 19.3 Å². The van der Waals surface area contributed by atoms with Gasteiger partial charge in [-0.2, -0.15) is 0 Å². The minimum absolute atomic E-state index is 0.258. The van der Waals surface area contributed by atoms with E-state index in [4.69, 9.17) is 0 Å². The first-order valence-electron chi connectivity index (χ1n) is 8.82. The summed E-state index contributed by atoms with van der Waals surface area (Å²) in [5, 5.41) is 6.22. The maximum atomic E-state index is 13.8. The maximum absolute atomic E-state index is 13.8. The van der Waals surface area contributed by atoms with Gasteiger partial charge in [-0.05, 0) is 24.3 Å². The number of aromatic nitrogens is 5. The SMILES string of the molecule is FC1CNCC1Nc1cccc(-c2cnc3cc(-c4cnc[nH]4)ccn23)n1. The average molecular weight is 363 g/mol. The van der Waals surface area contributed by atoms with Crippen LogP contribution in [0.5, 0.6) is 0 Å². The quantitative estimate of drug-likeness (QED) is 0.519. The zero-order valence-electron chi connectivity index (χ0n) is 14.4. The van der Waals surface area contributed by atoms with Crippen LogP contribution in [0.4, 0.5) is 10.2 Å². The number of pyridine rings is 2. The number of hydrogen-bond acceptors (Lipinski definition) is 5. The fourth-order valence-electron chi connectivity index (χ4n) is 3.39. The molecule has 0 aromatic carbocycles. The van der Waals surface area contributed by atoms with E-state index in [1.165, 1.54) is 0 Å². The molecule has 0 aliphatic carbocycles. The molecule has 2 atom stereocenters. The van der Waals surface area contributed by atoms with Crippen molar-refractivity contribution in [1.29, 1.82) is 0 Å². The highest BCUT2D eigenvalue weighted by molar-refractivity contribution is 5.68. The second-order valence-corrected chi connectivity index (χ2v) is 6.59. The highest BCUT2D eigenvalue weighted by Gasteiger charge is 2.26. The van der Waals surface area contributed by atoms with Crippen LogP contribution in [-0.4, -0.2) is 49.6 Å². The van der Waals surface area contributed by atoms with Crippen LogP contribution in [0.3, 0.4) is 0 Å². The molecule has 5 heterocycles. The van der Waals surface area contributed by atoms with Gasteiger partial charge in [0.15, 0.2) is 0 Å². The molecule has 0 bridgehead atoms. The topological polar surface area (TPSA) is 82.9 Å². The first kappa shape index (κ1) is 16.0. The van der Waals surface area contributed by atoms with Crippen molar-refractivity contribution in [3.05, 3.63) is 55.2 Å². The van der Waals surface area contributed by atoms with E-state index in [1.807, 2.05) is 40.9 Å². The minimum Gasteiger partial charge on any atom is -0.363 e. The van der Waals surface area contributed by atoms with Gasteiger partial charge in [-0.1, -0.05) is 6.07 Å². The van der Waals surface area contributed by atoms with Crippen molar-refractivity contribution < 1.29 is 4.39 Å². The van der Waals surface area contributed by atoms with Gasteiger partial charge in [-0.3, -0.25) is 4.40 Å². The molecule has 1 aliphatic rings. The number of hydrogen-bond donors (Lipinski definition) is 3. The summed E-state index contributed by atoms with van der Waals surface area (Å²) in [5.41, 5.74) is 4.44. The van der Waals surface area contributed by atoms with Gasteiger partial charge in [0.1, 0.15) is 17.6 Å². The molecule has 0 amide bonds. The Morgan fingerprint density at radius 1 is 1.19 bits per heavy atom. The first-order chi connectivity index (χ1) is 13.3. The summed E-state index contributed by atoms with van der Waals surface area (Å²) < 4.78 is 15.8. The molecule has 0 radical (unpaired) electrons. The lowest BCUT2D eigenvalue weighted by Crippen LogP contribution is -2.29. The lowest BCUT2D eigenvalue weighted by molar-refractivity contribution is 0.342. The number of nitrogens with zero attached hydrogens (tertiary/aromatic N) is 4. The van der Waals surface area contributed by atoms with E-state index in [0.717, 1.165) is 28.3 Å². The fourth-order valence-corrected chi connectivity index (χ4v) is 3.39. The Morgan fingerprint density at radius 3 is 2.96 bits per heavy atom. The average Bonchev–Trinajstić information content (AvgIpc) is 3.43. The number of anilines is 1. The van der Waals surface area contributed by atoms with Gasteiger partial charge in [0.05, 0.1) is 41.8 Å². The monoisotopic (exact) mass is 363 g/mol. The lowest BCUT2D eigenvalue weighted by atomic mass is 10.2. The van der Waals surface area contributed by atoms with E-state index in [-0.39, 0.29) is 6.04 Å². The molecule has 4 aromatic rings. The van der Waals surface area contributed by atoms with Crippen molar-refractivity contribution in [2.75, 3.05) is 18.4 Å². The van der Waals surface area contributed by atoms with Crippen molar-refractivity contribution in [2.24, 2.45) is 0 Å². The Kier molecular flexibility index (Phi) is 3.83. The molecule has 2 unspecified atom stereocenters. The molecular formula is C19H18FN7. The van der Waals surface area contributed by atoms with Crippen LogP contribution >= 0.6 is 0 Å². The second-order valence-electron chi connectivity index (χ2n) is 6.59. The zero-order chi connectivity index (χ0) is 18.2. The largest absolute Gasteiger partial charge is 0.363 e. The highest BCUT2D eigenvalue weighted by atomic mass is 19.1. The van der Waals surface area contributed by atoms with E-state index >= 15 is 0 Å². The maximum Gasteiger partial charge on any atom is 0.137 e. The van der Waals surface area contributed by atoms with Gasteiger partial charge >= 0.3 is 0 Å². The van der Waals surface area contributed by atoms with E-state index in [1.54, 1.807) is 18.7 Å². The number of halogens is 1. The predicted octanol–water partition coefficient (Wildman–Crippen LogP) is 2.51. The van der Waals surface area contributed by atoms with Crippen LogP contribution in [0.2, 0.25) is 0 Å². The fraction of sp³-hybridized carbons (Fsp3) is 0.211. The third-order valence-corrected chi connectivity index (χ3v) is 4.81. The number of nitrogens with one attached hydrogen (secondary N) is 3. The molecule has 136 valence electrons. The van der Waals surface area contributed by atoms with Crippen LogP contribution < -0.4 is 10.6 Å². The van der Waals surface area contributed by atoms with Gasteiger partial charge < -0.3 is 15.6 Å². The minimum atomic E-state index is -0.910. The predicted molar refractivity (Wildman–Crippen MR) is 101 cm³/mol. The molecule has 3 N–H and O–H groups in total. The normalized spacial score (nSPS) is 19.6. The summed E-state index contributed by atoms with van der Waals surface area (Å²) in [6, 6.07) is 9.44. The number of imidazole rings is 2. The molecular weight excluding hydrogens is 345 g/mol. The number of aromatic amines is 1. The highest BCUT2D eigenvalue weighted by Crippen LogP contribution is 2.24. The summed E-state index contributed by atoms with van der Waals surface area (Å²) in [6.45, 7) is 0.975. The Labute approximate surface area is 154 Å². The summed E-state index contributed by atoms with van der Waals surface area (Å²) in [7, 11) is 0. The number of H-pyrrole nitrogens is 1. The summed E-state index contributed by atoms with van der Waals surface area (Å²) in [6.07, 6.45) is 6.29. The van der Waals surface area contributed by atoms with Crippen LogP contribution in [0.1, 0.15) is 0 Å². The Bertz CT molecular complexity index is 1070. The zero-order valence-corrected chi connectivity index (χ0v) is 14.4. The Morgan fingerprint density at radius 2 is 2.15 bits per heavy atom. The van der Waals surface area contributed by atoms with Gasteiger partial charge in [0.25, 0.3) is 0 Å². The molecule has 8 heteroatoms. The molecule has 0 spiro atoms. The van der Waals surface area contributed by atoms with E-state index in [9.17, 15) is 4.39 Å². The Balaban J connectivity index is 1.47. The molecule has 0 saturated carbocycles. The van der Waals surface area contributed by atoms with Crippen molar-refractivity contribution in [2.45, 2.75) is 12.2 Å². The van der Waals surface area contributed by atoms with Crippen LogP contribution in [0.25, 0.3) is 28.3 Å². The van der Waals surface area contributed by atoms with E-state index < -0.39 is 6.17 Å². The summed E-state index contributed by atoms with van der Waals surface area (Å²) >= 11 is 0. The van der Waals surface area contributed by atoms with Crippen molar-refractivity contribution in [3.63, 3.8) is 0 Å². The molecule has 27 heavy (non-hydrogen) atoms. The molecule has 4 aromatic heterocycles. The van der Waals surface area contributed by atoms with Gasteiger partial charge in [0.2, 0.25) is 0 Å². The smallest absolute Gasteiger partial charge is 0.137 e. The molecule has 1 saturated heterocycles. The first-order valence-corrected chi connectivity index (χ1v) is 8.82. The Hall–Kier alpha value is -3.26. The van der Waals surface area contributed by atoms with E-state index in [2.05, 4.69) is 30.6 Å². The standard InChI is InChI=1S/C19H18FN7/c20-13-7-21-9-16(13)26-18-3-1-2-14(25-18)17-10-23-19-6-12(4-5-27(17)19)15-8-22-11-24-15/h1-6,8,10-11,13,16,21H,7,9H2,(H,22,24)(H,25,26). The third-order valence-electron chi connectivity index (χ3n) is 4.81. The lowest BCUT2D eigenvalue weighted by Gasteiger charge is -2.15. The van der Waals surface area contributed by atoms with Crippen molar-refractivity contribution >= 4 is 11.5 Å². The van der Waals surface area contributed by atoms with Crippen molar-refractivity contribution in [1.82, 2.24) is 29.7 Å². The molecule has 5 rings (SSSR count). The second kappa shape index (κ2) is 6.48.